The quantitative estimate of drug-likeness (QED) is 0.744. The zero-order valence-corrected chi connectivity index (χ0v) is 11.2. The maximum absolute atomic E-state index is 11.0. The monoisotopic (exact) mass is 276 g/mol. The highest BCUT2D eigenvalue weighted by atomic mass is 16.1. The summed E-state index contributed by atoms with van der Waals surface area (Å²) in [4.78, 5) is 29.3. The number of nitrogens with zero attached hydrogens (tertiary/aromatic N) is 1. The van der Waals surface area contributed by atoms with Crippen LogP contribution in [0.25, 0.3) is 16.5 Å². The van der Waals surface area contributed by atoms with Crippen LogP contribution in [0.5, 0.6) is 0 Å². The number of aldehydes is 2. The van der Waals surface area contributed by atoms with E-state index in [1.807, 2.05) is 30.5 Å². The molecule has 4 nitrogen and oxygen atoms in total. The predicted molar refractivity (Wildman–Crippen MR) is 81.4 cm³/mol. The maximum atomic E-state index is 11.0. The number of aromatic amines is 1. The lowest BCUT2D eigenvalue weighted by atomic mass is 9.99. The molecule has 0 saturated carbocycles. The van der Waals surface area contributed by atoms with Crippen LogP contribution in [0.15, 0.2) is 49.2 Å². The zero-order chi connectivity index (χ0) is 14.8. The van der Waals surface area contributed by atoms with Gasteiger partial charge in [-0.3, -0.25) is 9.59 Å². The molecule has 1 N–H and O–H groups in total. The van der Waals surface area contributed by atoms with Crippen molar-refractivity contribution in [3.63, 3.8) is 0 Å². The van der Waals surface area contributed by atoms with Gasteiger partial charge in [-0.1, -0.05) is 18.7 Å². The number of pyridine rings is 1. The molecule has 0 aliphatic rings. The highest BCUT2D eigenvalue weighted by Gasteiger charge is 2.10. The molecular weight excluding hydrogens is 264 g/mol. The van der Waals surface area contributed by atoms with E-state index in [4.69, 9.17) is 0 Å². The zero-order valence-electron chi connectivity index (χ0n) is 11.2. The molecule has 0 bridgehead atoms. The number of nitrogens with one attached hydrogen (secondary N) is 1. The summed E-state index contributed by atoms with van der Waals surface area (Å²) in [6.07, 6.45) is 3.18. The Morgan fingerprint density at radius 1 is 1.14 bits per heavy atom. The Balaban J connectivity index is 2.16. The predicted octanol–water partition coefficient (Wildman–Crippen LogP) is 3.25. The number of aromatic nitrogens is 2. The number of carbonyl (C=O) groups is 2. The third-order valence-electron chi connectivity index (χ3n) is 3.35. The molecule has 1 aromatic carbocycles. The molecule has 0 radical (unpaired) electrons. The number of rotatable bonds is 4. The first-order valence-electron chi connectivity index (χ1n) is 6.41. The first-order valence-corrected chi connectivity index (χ1v) is 6.41. The van der Waals surface area contributed by atoms with E-state index in [0.29, 0.717) is 29.4 Å². The smallest absolute Gasteiger partial charge is 0.168 e. The van der Waals surface area contributed by atoms with Crippen LogP contribution in [-0.2, 0) is 0 Å². The van der Waals surface area contributed by atoms with E-state index in [2.05, 4.69) is 16.5 Å². The van der Waals surface area contributed by atoms with Crippen LogP contribution < -0.4 is 0 Å². The van der Waals surface area contributed by atoms with Gasteiger partial charge in [-0.05, 0) is 29.8 Å². The Labute approximate surface area is 121 Å². The van der Waals surface area contributed by atoms with Crippen LogP contribution in [0.2, 0.25) is 0 Å². The summed E-state index contributed by atoms with van der Waals surface area (Å²) in [6.45, 7) is 4.07. The van der Waals surface area contributed by atoms with Crippen molar-refractivity contribution in [1.29, 1.82) is 0 Å². The standard InChI is InChI=1S/C17H12N2O2/c1-11(14-3-2-4-16-15(14)5-6-18-16)17-8-12(9-20)7-13(10-21)19-17/h2-10,18H,1H2. The molecule has 2 aromatic heterocycles. The van der Waals surface area contributed by atoms with E-state index in [9.17, 15) is 9.59 Å². The molecule has 0 unspecified atom stereocenters. The van der Waals surface area contributed by atoms with E-state index >= 15 is 0 Å². The first kappa shape index (κ1) is 13.0. The van der Waals surface area contributed by atoms with Gasteiger partial charge in [0, 0.05) is 28.2 Å². The molecule has 0 amide bonds. The largest absolute Gasteiger partial charge is 0.361 e. The van der Waals surface area contributed by atoms with E-state index in [0.717, 1.165) is 16.5 Å². The van der Waals surface area contributed by atoms with Gasteiger partial charge in [0.05, 0.1) is 5.69 Å². The van der Waals surface area contributed by atoms with Crippen molar-refractivity contribution >= 4 is 29.0 Å². The lowest BCUT2D eigenvalue weighted by Crippen LogP contribution is -1.98. The van der Waals surface area contributed by atoms with Crippen LogP contribution >= 0.6 is 0 Å². The molecule has 0 saturated heterocycles. The third kappa shape index (κ3) is 2.27. The number of hydrogen-bond acceptors (Lipinski definition) is 3. The summed E-state index contributed by atoms with van der Waals surface area (Å²) in [6, 6.07) is 10.9. The summed E-state index contributed by atoms with van der Waals surface area (Å²) in [7, 11) is 0. The van der Waals surface area contributed by atoms with Gasteiger partial charge in [-0.15, -0.1) is 0 Å². The van der Waals surface area contributed by atoms with Gasteiger partial charge in [0.15, 0.2) is 6.29 Å². The average molecular weight is 276 g/mol. The number of hydrogen-bond donors (Lipinski definition) is 1. The van der Waals surface area contributed by atoms with Crippen LogP contribution in [0, 0.1) is 0 Å². The van der Waals surface area contributed by atoms with Crippen LogP contribution in [-0.4, -0.2) is 22.5 Å². The first-order chi connectivity index (χ1) is 10.2. The molecule has 0 spiro atoms. The molecular formula is C17H12N2O2. The molecule has 21 heavy (non-hydrogen) atoms. The number of fused-ring (bicyclic) bond motifs is 1. The molecule has 0 atom stereocenters. The maximum Gasteiger partial charge on any atom is 0.168 e. The molecule has 3 aromatic rings. The van der Waals surface area contributed by atoms with Gasteiger partial charge in [-0.2, -0.15) is 0 Å². The molecule has 3 rings (SSSR count). The summed E-state index contributed by atoms with van der Waals surface area (Å²) in [5.41, 5.74) is 3.74. The highest BCUT2D eigenvalue weighted by molar-refractivity contribution is 5.96. The van der Waals surface area contributed by atoms with Crippen molar-refractivity contribution < 1.29 is 9.59 Å². The van der Waals surface area contributed by atoms with Crippen LogP contribution in [0.3, 0.4) is 0 Å². The van der Waals surface area contributed by atoms with Crippen LogP contribution in [0.1, 0.15) is 32.1 Å². The van der Waals surface area contributed by atoms with Crippen LogP contribution in [0.4, 0.5) is 0 Å². The van der Waals surface area contributed by atoms with Gasteiger partial charge in [0.2, 0.25) is 0 Å². The minimum Gasteiger partial charge on any atom is -0.361 e. The molecule has 102 valence electrons. The molecule has 4 heteroatoms. The fourth-order valence-corrected chi connectivity index (χ4v) is 2.34. The van der Waals surface area contributed by atoms with Crippen molar-refractivity contribution in [2.24, 2.45) is 0 Å². The topological polar surface area (TPSA) is 62.8 Å². The Bertz CT molecular complexity index is 836. The lowest BCUT2D eigenvalue weighted by molar-refractivity contribution is 0.111. The molecule has 0 aliphatic heterocycles. The van der Waals surface area contributed by atoms with E-state index in [1.165, 1.54) is 6.07 Å². The van der Waals surface area contributed by atoms with E-state index in [1.54, 1.807) is 6.07 Å². The number of carbonyl (C=O) groups excluding carboxylic acids is 2. The van der Waals surface area contributed by atoms with Crippen molar-refractivity contribution in [2.45, 2.75) is 0 Å². The normalized spacial score (nSPS) is 10.5. The molecule has 2 heterocycles. The molecule has 0 fully saturated rings. The van der Waals surface area contributed by atoms with Crippen molar-refractivity contribution in [2.75, 3.05) is 0 Å². The second-order valence-corrected chi connectivity index (χ2v) is 4.67. The Morgan fingerprint density at radius 3 is 2.76 bits per heavy atom. The highest BCUT2D eigenvalue weighted by Crippen LogP contribution is 2.27. The van der Waals surface area contributed by atoms with Crippen molar-refractivity contribution in [3.05, 3.63) is 71.7 Å². The Hall–Kier alpha value is -3.01. The second-order valence-electron chi connectivity index (χ2n) is 4.67. The second kappa shape index (κ2) is 5.17. The van der Waals surface area contributed by atoms with Gasteiger partial charge in [0.1, 0.15) is 12.0 Å². The lowest BCUT2D eigenvalue weighted by Gasteiger charge is -2.08. The minimum absolute atomic E-state index is 0.219. The fraction of sp³-hybridized carbons (Fsp3) is 0. The average Bonchev–Trinajstić information content (AvgIpc) is 3.02. The third-order valence-corrected chi connectivity index (χ3v) is 3.35. The van der Waals surface area contributed by atoms with Gasteiger partial charge in [0.25, 0.3) is 0 Å². The van der Waals surface area contributed by atoms with Gasteiger partial charge in [-0.25, -0.2) is 4.98 Å². The Morgan fingerprint density at radius 2 is 2.00 bits per heavy atom. The van der Waals surface area contributed by atoms with E-state index in [-0.39, 0.29) is 5.69 Å². The summed E-state index contributed by atoms with van der Waals surface area (Å²) in [5.74, 6) is 0. The summed E-state index contributed by atoms with van der Waals surface area (Å²) < 4.78 is 0. The minimum atomic E-state index is 0.219. The number of benzene rings is 1. The summed E-state index contributed by atoms with van der Waals surface area (Å²) >= 11 is 0. The number of H-pyrrole nitrogens is 1. The van der Waals surface area contributed by atoms with Crippen molar-refractivity contribution in [1.82, 2.24) is 9.97 Å². The summed E-state index contributed by atoms with van der Waals surface area (Å²) in [5, 5.41) is 1.02. The SMILES string of the molecule is C=C(c1cc(C=O)cc(C=O)n1)c1cccc2[nH]ccc12. The van der Waals surface area contributed by atoms with Crippen molar-refractivity contribution in [3.8, 4) is 0 Å². The van der Waals surface area contributed by atoms with Gasteiger partial charge < -0.3 is 4.98 Å². The van der Waals surface area contributed by atoms with Gasteiger partial charge >= 0.3 is 0 Å². The fourth-order valence-electron chi connectivity index (χ4n) is 2.34. The van der Waals surface area contributed by atoms with E-state index < -0.39 is 0 Å². The molecule has 0 aliphatic carbocycles. The Kier molecular flexibility index (Phi) is 3.20.